The Morgan fingerprint density at radius 3 is 2.87 bits per heavy atom. The number of pyridine rings is 1. The third kappa shape index (κ3) is 3.10. The summed E-state index contributed by atoms with van der Waals surface area (Å²) in [6.45, 7) is 0.321. The largest absolute Gasteiger partial charge is 0.364 e. The highest BCUT2D eigenvalue weighted by atomic mass is 32.2. The number of alkyl halides is 2. The molecule has 31 heavy (non-hydrogen) atoms. The normalized spacial score (nSPS) is 28.0. The maximum Gasteiger partial charge on any atom is 0.276 e. The molecule has 5 heterocycles. The summed E-state index contributed by atoms with van der Waals surface area (Å²) in [7, 11) is 1.91. The first-order valence-corrected chi connectivity index (χ1v) is 11.2. The smallest absolute Gasteiger partial charge is 0.276 e. The van der Waals surface area contributed by atoms with Crippen molar-refractivity contribution in [3.05, 3.63) is 41.9 Å². The maximum atomic E-state index is 13.4. The number of carbonyl (C=O) groups excluding carboxylic acids is 1. The van der Waals surface area contributed by atoms with Gasteiger partial charge in [0.25, 0.3) is 11.8 Å². The fourth-order valence-corrected chi connectivity index (χ4v) is 5.85. The van der Waals surface area contributed by atoms with Gasteiger partial charge < -0.3 is 9.42 Å². The summed E-state index contributed by atoms with van der Waals surface area (Å²) in [6, 6.07) is 5.68. The van der Waals surface area contributed by atoms with Gasteiger partial charge in [0.15, 0.2) is 11.5 Å². The van der Waals surface area contributed by atoms with Crippen LogP contribution < -0.4 is 8.61 Å². The first-order chi connectivity index (χ1) is 14.9. The molecular formula is C21H21F2N5O2S. The van der Waals surface area contributed by atoms with Crippen LogP contribution in [0.15, 0.2) is 35.1 Å². The molecule has 6 rings (SSSR count). The summed E-state index contributed by atoms with van der Waals surface area (Å²) >= 11 is 1.42. The molecule has 3 aliphatic heterocycles. The van der Waals surface area contributed by atoms with E-state index in [1.807, 2.05) is 32.7 Å². The molecule has 10 heteroatoms. The Morgan fingerprint density at radius 1 is 1.32 bits per heavy atom. The Hall–Kier alpha value is -2.62. The van der Waals surface area contributed by atoms with Crippen LogP contribution in [0.4, 0.5) is 20.3 Å². The van der Waals surface area contributed by atoms with Crippen LogP contribution in [0.3, 0.4) is 0 Å². The van der Waals surface area contributed by atoms with Crippen molar-refractivity contribution < 1.29 is 18.1 Å². The summed E-state index contributed by atoms with van der Waals surface area (Å²) in [5, 5.41) is 3.80. The molecule has 0 aromatic carbocycles. The minimum Gasteiger partial charge on any atom is -0.364 e. The molecule has 162 valence electrons. The lowest BCUT2D eigenvalue weighted by Gasteiger charge is -2.33. The minimum atomic E-state index is -2.53. The van der Waals surface area contributed by atoms with Gasteiger partial charge in [-0.15, -0.1) is 0 Å². The number of nitrogens with zero attached hydrogens (tertiary/aromatic N) is 5. The highest BCUT2D eigenvalue weighted by molar-refractivity contribution is 8.02. The molecule has 2 aromatic heterocycles. The van der Waals surface area contributed by atoms with Gasteiger partial charge in [0.2, 0.25) is 0 Å². The number of hydrogen-bond acceptors (Lipinski definition) is 7. The number of hydrogen-bond donors (Lipinski definition) is 0. The molecule has 0 spiro atoms. The van der Waals surface area contributed by atoms with Gasteiger partial charge in [-0.1, -0.05) is 11.2 Å². The average Bonchev–Trinajstić information content (AvgIpc) is 3.16. The Bertz CT molecular complexity index is 1080. The van der Waals surface area contributed by atoms with Crippen molar-refractivity contribution in [3.8, 4) is 0 Å². The highest BCUT2D eigenvalue weighted by Gasteiger charge is 2.57. The first kappa shape index (κ1) is 19.1. The van der Waals surface area contributed by atoms with Crippen LogP contribution in [-0.4, -0.2) is 52.5 Å². The zero-order chi connectivity index (χ0) is 21.3. The third-order valence-electron chi connectivity index (χ3n) is 6.60. The van der Waals surface area contributed by atoms with E-state index in [0.29, 0.717) is 12.2 Å². The number of rotatable bonds is 4. The van der Waals surface area contributed by atoms with Crippen LogP contribution in [0.5, 0.6) is 0 Å². The van der Waals surface area contributed by atoms with Crippen LogP contribution in [0.25, 0.3) is 5.57 Å². The van der Waals surface area contributed by atoms with Gasteiger partial charge in [0.05, 0.1) is 29.6 Å². The van der Waals surface area contributed by atoms with Crippen LogP contribution in [0.1, 0.15) is 41.9 Å². The van der Waals surface area contributed by atoms with Gasteiger partial charge in [-0.2, -0.15) is 0 Å². The Labute approximate surface area is 182 Å². The van der Waals surface area contributed by atoms with E-state index in [0.717, 1.165) is 42.0 Å². The number of fused-ring (bicyclic) bond motifs is 3. The van der Waals surface area contributed by atoms with E-state index < -0.39 is 11.8 Å². The molecule has 2 bridgehead atoms. The number of anilines is 2. The summed E-state index contributed by atoms with van der Waals surface area (Å²) in [5.41, 5.74) is 3.23. The van der Waals surface area contributed by atoms with Gasteiger partial charge >= 0.3 is 0 Å². The Morgan fingerprint density at radius 2 is 2.16 bits per heavy atom. The molecular weight excluding hydrogens is 424 g/mol. The molecule has 7 nitrogen and oxygen atoms in total. The molecule has 2 fully saturated rings. The van der Waals surface area contributed by atoms with Crippen molar-refractivity contribution in [1.29, 1.82) is 0 Å². The van der Waals surface area contributed by atoms with E-state index in [1.165, 1.54) is 18.4 Å². The SMILES string of the molecule is CN1SN(CC2CC2(F)F)c2ccc(C3=CC4CCC(C3)N4C(=O)c3ccon3)nc21. The number of amides is 1. The molecule has 0 N–H and O–H groups in total. The standard InChI is InChI=1S/C21H21F2N5O2S/c1-26-19-18(27(31-26)11-13-10-21(13,22)23)5-4-16(24-19)12-8-14-2-3-15(9-12)28(14)20(29)17-6-7-30-25-17/h4-8,13-15H,2-3,9-11H2,1H3. The molecule has 2 aromatic rings. The quantitative estimate of drug-likeness (QED) is 0.659. The number of carbonyl (C=O) groups is 1. The third-order valence-corrected chi connectivity index (χ3v) is 7.56. The van der Waals surface area contributed by atoms with E-state index in [-0.39, 0.29) is 24.4 Å². The van der Waals surface area contributed by atoms with Crippen molar-refractivity contribution in [1.82, 2.24) is 15.0 Å². The molecule has 1 saturated carbocycles. The van der Waals surface area contributed by atoms with Crippen LogP contribution >= 0.6 is 12.1 Å². The fraction of sp³-hybridized carbons (Fsp3) is 0.476. The zero-order valence-corrected chi connectivity index (χ0v) is 17.7. The molecule has 0 radical (unpaired) electrons. The lowest BCUT2D eigenvalue weighted by molar-refractivity contribution is 0.0681. The lowest BCUT2D eigenvalue weighted by Crippen LogP contribution is -2.43. The number of halogens is 2. The van der Waals surface area contributed by atoms with E-state index in [1.54, 1.807) is 6.07 Å². The minimum absolute atomic E-state index is 0.0219. The van der Waals surface area contributed by atoms with Crippen molar-refractivity contribution in [2.75, 3.05) is 22.2 Å². The molecule has 3 atom stereocenters. The van der Waals surface area contributed by atoms with Crippen molar-refractivity contribution in [2.24, 2.45) is 5.92 Å². The van der Waals surface area contributed by atoms with Crippen LogP contribution in [0.2, 0.25) is 0 Å². The lowest BCUT2D eigenvalue weighted by atomic mass is 9.97. The molecule has 1 aliphatic carbocycles. The highest BCUT2D eigenvalue weighted by Crippen LogP contribution is 2.52. The zero-order valence-electron chi connectivity index (χ0n) is 16.9. The van der Waals surface area contributed by atoms with Gasteiger partial charge in [-0.25, -0.2) is 13.8 Å². The van der Waals surface area contributed by atoms with Gasteiger partial charge in [0.1, 0.15) is 6.26 Å². The van der Waals surface area contributed by atoms with E-state index >= 15 is 0 Å². The fourth-order valence-electron chi connectivity index (χ4n) is 4.87. The van der Waals surface area contributed by atoms with E-state index in [2.05, 4.69) is 11.2 Å². The van der Waals surface area contributed by atoms with E-state index in [4.69, 9.17) is 9.51 Å². The topological polar surface area (TPSA) is 65.7 Å². The summed E-state index contributed by atoms with van der Waals surface area (Å²) < 4.78 is 35.4. The monoisotopic (exact) mass is 445 g/mol. The predicted octanol–water partition coefficient (Wildman–Crippen LogP) is 4.00. The number of aromatic nitrogens is 2. The van der Waals surface area contributed by atoms with Gasteiger partial charge in [0, 0.05) is 38.0 Å². The molecule has 1 saturated heterocycles. The second-order valence-electron chi connectivity index (χ2n) is 8.63. The Kier molecular flexibility index (Phi) is 4.12. The van der Waals surface area contributed by atoms with Gasteiger partial charge in [-0.3, -0.25) is 13.4 Å². The first-order valence-electron chi connectivity index (χ1n) is 10.4. The van der Waals surface area contributed by atoms with Gasteiger partial charge in [-0.05, 0) is 37.0 Å². The van der Waals surface area contributed by atoms with E-state index in [9.17, 15) is 13.6 Å². The second kappa shape index (κ2) is 6.69. The summed E-state index contributed by atoms with van der Waals surface area (Å²) in [5.74, 6) is -2.41. The van der Waals surface area contributed by atoms with Crippen molar-refractivity contribution in [3.63, 3.8) is 0 Å². The summed E-state index contributed by atoms with van der Waals surface area (Å²) in [6.07, 6.45) is 6.12. The maximum absolute atomic E-state index is 13.4. The molecule has 1 amide bonds. The Balaban J connectivity index is 1.24. The predicted molar refractivity (Wildman–Crippen MR) is 113 cm³/mol. The molecule has 4 aliphatic rings. The summed E-state index contributed by atoms with van der Waals surface area (Å²) in [4.78, 5) is 19.6. The second-order valence-corrected chi connectivity index (χ2v) is 9.78. The average molecular weight is 445 g/mol. The van der Waals surface area contributed by atoms with Crippen molar-refractivity contribution in [2.45, 2.75) is 43.7 Å². The van der Waals surface area contributed by atoms with Crippen LogP contribution in [-0.2, 0) is 0 Å². The van der Waals surface area contributed by atoms with Crippen LogP contribution in [0, 0.1) is 5.92 Å². The molecule has 3 unspecified atom stereocenters. The van der Waals surface area contributed by atoms with Crippen molar-refractivity contribution >= 4 is 35.1 Å².